The van der Waals surface area contributed by atoms with Crippen LogP contribution in [-0.4, -0.2) is 57.8 Å². The Hall–Kier alpha value is -3.42. The predicted molar refractivity (Wildman–Crippen MR) is 134 cm³/mol. The monoisotopic (exact) mass is 453 g/mol. The van der Waals surface area contributed by atoms with Gasteiger partial charge in [0.15, 0.2) is 0 Å². The minimum absolute atomic E-state index is 0.0627. The number of para-hydroxylation sites is 2. The van der Waals surface area contributed by atoms with Crippen LogP contribution in [0.3, 0.4) is 0 Å². The molecule has 2 aromatic rings. The lowest BCUT2D eigenvalue weighted by Gasteiger charge is -2.38. The Morgan fingerprint density at radius 2 is 1.67 bits per heavy atom. The highest BCUT2D eigenvalue weighted by Gasteiger charge is 2.24. The largest absolute Gasteiger partial charge is 0.495 e. The molecule has 3 amide bonds. The van der Waals surface area contributed by atoms with E-state index >= 15 is 0 Å². The molecule has 2 aromatic carbocycles. The average molecular weight is 454 g/mol. The number of carbonyl (C=O) groups is 2. The van der Waals surface area contributed by atoms with Crippen molar-refractivity contribution in [2.45, 2.75) is 33.2 Å². The molecule has 1 fully saturated rings. The molecule has 1 heterocycles. The van der Waals surface area contributed by atoms with Crippen molar-refractivity contribution in [1.82, 2.24) is 10.6 Å². The highest BCUT2D eigenvalue weighted by atomic mass is 16.5. The van der Waals surface area contributed by atoms with E-state index in [-0.39, 0.29) is 18.0 Å². The quantitative estimate of drug-likeness (QED) is 0.568. The zero-order valence-electron chi connectivity index (χ0n) is 20.0. The maximum atomic E-state index is 13.1. The number of urea groups is 1. The Labute approximate surface area is 196 Å². The number of amides is 3. The van der Waals surface area contributed by atoms with E-state index in [4.69, 9.17) is 4.74 Å². The van der Waals surface area contributed by atoms with Crippen LogP contribution in [0.15, 0.2) is 42.5 Å². The lowest BCUT2D eigenvalue weighted by Crippen LogP contribution is -2.47. The van der Waals surface area contributed by atoms with Gasteiger partial charge in [-0.1, -0.05) is 19.1 Å². The molecule has 1 saturated heterocycles. The van der Waals surface area contributed by atoms with Crippen molar-refractivity contribution in [2.24, 2.45) is 0 Å². The number of rotatable bonds is 8. The second-order valence-electron chi connectivity index (χ2n) is 8.15. The smallest absolute Gasteiger partial charge is 0.319 e. The van der Waals surface area contributed by atoms with Gasteiger partial charge in [0.25, 0.3) is 5.91 Å². The Bertz CT molecular complexity index is 957. The first-order chi connectivity index (χ1) is 16.0. The number of hydrogen-bond donors (Lipinski definition) is 3. The van der Waals surface area contributed by atoms with E-state index in [1.54, 1.807) is 13.2 Å². The molecule has 0 spiro atoms. The van der Waals surface area contributed by atoms with Crippen molar-refractivity contribution >= 4 is 29.0 Å². The van der Waals surface area contributed by atoms with Crippen LogP contribution in [-0.2, 0) is 0 Å². The number of nitrogens with one attached hydrogen (secondary N) is 3. The van der Waals surface area contributed by atoms with Crippen LogP contribution < -0.4 is 30.5 Å². The van der Waals surface area contributed by atoms with Gasteiger partial charge in [-0.3, -0.25) is 4.79 Å². The summed E-state index contributed by atoms with van der Waals surface area (Å²) in [5, 5.41) is 8.58. The summed E-state index contributed by atoms with van der Waals surface area (Å²) < 4.78 is 5.52. The highest BCUT2D eigenvalue weighted by molar-refractivity contribution is 6.02. The van der Waals surface area contributed by atoms with Crippen molar-refractivity contribution in [3.05, 3.63) is 48.0 Å². The fraction of sp³-hybridized carbons (Fsp3) is 0.440. The van der Waals surface area contributed by atoms with Crippen LogP contribution in [0.4, 0.5) is 21.9 Å². The van der Waals surface area contributed by atoms with Crippen molar-refractivity contribution in [2.75, 3.05) is 55.0 Å². The summed E-state index contributed by atoms with van der Waals surface area (Å²) >= 11 is 0. The van der Waals surface area contributed by atoms with Crippen LogP contribution in [0.5, 0.6) is 5.75 Å². The summed E-state index contributed by atoms with van der Waals surface area (Å²) in [5.41, 5.74) is 3.11. The van der Waals surface area contributed by atoms with E-state index in [2.05, 4.69) is 31.8 Å². The molecule has 3 N–H and O–H groups in total. The standard InChI is InChI=1S/C25H35N5O3/c1-5-18(3)27-24(31)20-17-19(28-25(32)26-6-2)11-12-21(20)29-13-15-30(16-14-29)22-9-7-8-10-23(22)33-4/h7-12,17-18H,5-6,13-16H2,1-4H3,(H,27,31)(H2,26,28,32). The molecular weight excluding hydrogens is 418 g/mol. The van der Waals surface area contributed by atoms with Crippen LogP contribution >= 0.6 is 0 Å². The molecule has 0 aliphatic carbocycles. The minimum Gasteiger partial charge on any atom is -0.495 e. The number of methoxy groups -OCH3 is 1. The fourth-order valence-electron chi connectivity index (χ4n) is 3.89. The van der Waals surface area contributed by atoms with Gasteiger partial charge in [-0.05, 0) is 50.6 Å². The number of piperazine rings is 1. The Balaban J connectivity index is 1.81. The normalized spacial score (nSPS) is 14.4. The van der Waals surface area contributed by atoms with E-state index in [1.807, 2.05) is 51.1 Å². The van der Waals surface area contributed by atoms with Gasteiger partial charge in [-0.15, -0.1) is 0 Å². The number of anilines is 3. The summed E-state index contributed by atoms with van der Waals surface area (Å²) in [6.07, 6.45) is 0.843. The SMILES string of the molecule is CCNC(=O)Nc1ccc(N2CCN(c3ccccc3OC)CC2)c(C(=O)NC(C)CC)c1. The maximum absolute atomic E-state index is 13.1. The Morgan fingerprint density at radius 3 is 2.30 bits per heavy atom. The van der Waals surface area contributed by atoms with E-state index < -0.39 is 0 Å². The molecule has 0 bridgehead atoms. The van der Waals surface area contributed by atoms with Gasteiger partial charge in [0.1, 0.15) is 5.75 Å². The maximum Gasteiger partial charge on any atom is 0.319 e. The summed E-state index contributed by atoms with van der Waals surface area (Å²) in [5.74, 6) is 0.728. The number of benzene rings is 2. The van der Waals surface area contributed by atoms with Gasteiger partial charge in [0, 0.05) is 50.1 Å². The zero-order chi connectivity index (χ0) is 23.8. The Kier molecular flexibility index (Phi) is 8.40. The molecule has 1 aliphatic heterocycles. The molecule has 8 heteroatoms. The molecule has 0 radical (unpaired) electrons. The molecule has 8 nitrogen and oxygen atoms in total. The van der Waals surface area contributed by atoms with Crippen LogP contribution in [0.25, 0.3) is 0 Å². The summed E-state index contributed by atoms with van der Waals surface area (Å²) in [6.45, 7) is 9.57. The van der Waals surface area contributed by atoms with E-state index in [9.17, 15) is 9.59 Å². The molecule has 0 saturated carbocycles. The van der Waals surface area contributed by atoms with Gasteiger partial charge in [-0.25, -0.2) is 4.79 Å². The number of nitrogens with zero attached hydrogens (tertiary/aromatic N) is 2. The van der Waals surface area contributed by atoms with E-state index in [0.29, 0.717) is 17.8 Å². The number of carbonyl (C=O) groups excluding carboxylic acids is 2. The summed E-state index contributed by atoms with van der Waals surface area (Å²) in [7, 11) is 1.69. The first kappa shape index (κ1) is 24.2. The van der Waals surface area contributed by atoms with Crippen LogP contribution in [0.1, 0.15) is 37.6 Å². The van der Waals surface area contributed by atoms with Crippen molar-refractivity contribution in [3.8, 4) is 5.75 Å². The highest BCUT2D eigenvalue weighted by Crippen LogP contribution is 2.31. The first-order valence-corrected chi connectivity index (χ1v) is 11.6. The number of ether oxygens (including phenoxy) is 1. The van der Waals surface area contributed by atoms with Gasteiger partial charge in [0.05, 0.1) is 18.4 Å². The number of hydrogen-bond acceptors (Lipinski definition) is 5. The van der Waals surface area contributed by atoms with Crippen LogP contribution in [0.2, 0.25) is 0 Å². The second-order valence-corrected chi connectivity index (χ2v) is 8.15. The molecule has 1 unspecified atom stereocenters. The second kappa shape index (κ2) is 11.4. The van der Waals surface area contributed by atoms with Gasteiger partial charge >= 0.3 is 6.03 Å². The Morgan fingerprint density at radius 1 is 1.00 bits per heavy atom. The molecule has 178 valence electrons. The van der Waals surface area contributed by atoms with Gasteiger partial charge < -0.3 is 30.5 Å². The molecule has 1 aliphatic rings. The minimum atomic E-state index is -0.288. The zero-order valence-corrected chi connectivity index (χ0v) is 20.0. The van der Waals surface area contributed by atoms with E-state index in [0.717, 1.165) is 49.7 Å². The predicted octanol–water partition coefficient (Wildman–Crippen LogP) is 3.69. The van der Waals surface area contributed by atoms with Crippen molar-refractivity contribution in [1.29, 1.82) is 0 Å². The molecule has 3 rings (SSSR count). The summed E-state index contributed by atoms with van der Waals surface area (Å²) in [4.78, 5) is 29.6. The lowest BCUT2D eigenvalue weighted by molar-refractivity contribution is 0.0939. The lowest BCUT2D eigenvalue weighted by atomic mass is 10.1. The third-order valence-corrected chi connectivity index (χ3v) is 5.87. The van der Waals surface area contributed by atoms with Gasteiger partial charge in [-0.2, -0.15) is 0 Å². The third kappa shape index (κ3) is 6.09. The third-order valence-electron chi connectivity index (χ3n) is 5.87. The first-order valence-electron chi connectivity index (χ1n) is 11.6. The van der Waals surface area contributed by atoms with Crippen LogP contribution in [0, 0.1) is 0 Å². The van der Waals surface area contributed by atoms with Gasteiger partial charge in [0.2, 0.25) is 0 Å². The fourth-order valence-corrected chi connectivity index (χ4v) is 3.89. The van der Waals surface area contributed by atoms with Crippen molar-refractivity contribution < 1.29 is 14.3 Å². The van der Waals surface area contributed by atoms with Crippen molar-refractivity contribution in [3.63, 3.8) is 0 Å². The average Bonchev–Trinajstić information content (AvgIpc) is 2.84. The summed E-state index contributed by atoms with van der Waals surface area (Å²) in [6, 6.07) is 13.3. The molecule has 0 aromatic heterocycles. The topological polar surface area (TPSA) is 85.9 Å². The van der Waals surface area contributed by atoms with E-state index in [1.165, 1.54) is 0 Å². The molecular formula is C25H35N5O3. The molecule has 1 atom stereocenters. The molecule has 33 heavy (non-hydrogen) atoms.